The van der Waals surface area contributed by atoms with Crippen LogP contribution in [0, 0.1) is 5.82 Å². The van der Waals surface area contributed by atoms with E-state index in [0.29, 0.717) is 32.1 Å². The molecular weight excluding hydrogens is 261 g/mol. The number of halogens is 1. The highest BCUT2D eigenvalue weighted by Crippen LogP contribution is 2.27. The first-order chi connectivity index (χ1) is 9.50. The largest absolute Gasteiger partial charge is 0.491 e. The molecule has 0 saturated carbocycles. The Balaban J connectivity index is 2.31. The van der Waals surface area contributed by atoms with Crippen molar-refractivity contribution in [2.45, 2.75) is 26.7 Å². The highest BCUT2D eigenvalue weighted by atomic mass is 19.1. The van der Waals surface area contributed by atoms with Gasteiger partial charge in [-0.2, -0.15) is 0 Å². The maximum Gasteiger partial charge on any atom is 0.216 e. The predicted octanol–water partition coefficient (Wildman–Crippen LogP) is 2.48. The summed E-state index contributed by atoms with van der Waals surface area (Å²) in [4.78, 5) is 10.6. The van der Waals surface area contributed by atoms with Crippen LogP contribution in [0.1, 0.15) is 32.3 Å². The van der Waals surface area contributed by atoms with E-state index in [9.17, 15) is 9.18 Å². The fourth-order valence-corrected chi connectivity index (χ4v) is 1.72. The molecule has 0 unspecified atom stereocenters. The zero-order valence-electron chi connectivity index (χ0n) is 12.2. The molecule has 1 N–H and O–H groups in total. The second-order valence-electron chi connectivity index (χ2n) is 4.78. The van der Waals surface area contributed by atoms with Crippen LogP contribution in [0.2, 0.25) is 0 Å². The third-order valence-electron chi connectivity index (χ3n) is 2.70. The second-order valence-corrected chi connectivity index (χ2v) is 4.78. The van der Waals surface area contributed by atoms with Gasteiger partial charge in [0.25, 0.3) is 0 Å². The van der Waals surface area contributed by atoms with Crippen LogP contribution >= 0.6 is 0 Å². The van der Waals surface area contributed by atoms with Crippen LogP contribution in [0.4, 0.5) is 4.39 Å². The minimum atomic E-state index is -0.309. The van der Waals surface area contributed by atoms with Crippen LogP contribution in [-0.4, -0.2) is 32.3 Å². The lowest BCUT2D eigenvalue weighted by molar-refractivity contribution is -0.119. The minimum Gasteiger partial charge on any atom is -0.491 e. The molecule has 0 radical (unpaired) electrons. The maximum atomic E-state index is 13.2. The first kappa shape index (κ1) is 16.4. The van der Waals surface area contributed by atoms with Crippen molar-refractivity contribution < 1.29 is 18.7 Å². The van der Waals surface area contributed by atoms with E-state index in [1.807, 2.05) is 13.8 Å². The molecule has 0 spiro atoms. The third-order valence-corrected chi connectivity index (χ3v) is 2.70. The quantitative estimate of drug-likeness (QED) is 0.746. The molecule has 112 valence electrons. The van der Waals surface area contributed by atoms with Crippen molar-refractivity contribution in [1.82, 2.24) is 5.32 Å². The number of ether oxygens (including phenoxy) is 2. The Morgan fingerprint density at radius 3 is 2.70 bits per heavy atom. The number of benzene rings is 1. The van der Waals surface area contributed by atoms with Gasteiger partial charge in [-0.25, -0.2) is 4.39 Å². The van der Waals surface area contributed by atoms with Crippen molar-refractivity contribution in [1.29, 1.82) is 0 Å². The van der Waals surface area contributed by atoms with E-state index >= 15 is 0 Å². The molecule has 0 fully saturated rings. The van der Waals surface area contributed by atoms with Crippen molar-refractivity contribution in [2.75, 3.05) is 26.4 Å². The second kappa shape index (κ2) is 8.53. The van der Waals surface area contributed by atoms with E-state index in [1.165, 1.54) is 19.1 Å². The summed E-state index contributed by atoms with van der Waals surface area (Å²) in [6, 6.07) is 4.58. The van der Waals surface area contributed by atoms with Crippen LogP contribution in [0.15, 0.2) is 18.2 Å². The topological polar surface area (TPSA) is 47.6 Å². The molecule has 1 amide bonds. The molecule has 0 atom stereocenters. The van der Waals surface area contributed by atoms with Crippen molar-refractivity contribution in [3.63, 3.8) is 0 Å². The average molecular weight is 283 g/mol. The van der Waals surface area contributed by atoms with E-state index in [2.05, 4.69) is 5.32 Å². The van der Waals surface area contributed by atoms with Crippen molar-refractivity contribution >= 4 is 5.91 Å². The SMILES string of the molecule is CC(=O)NCCOCCOc1cc(F)ccc1C(C)C. The molecule has 20 heavy (non-hydrogen) atoms. The summed E-state index contributed by atoms with van der Waals surface area (Å²) in [6.45, 7) is 7.18. The van der Waals surface area contributed by atoms with Crippen molar-refractivity contribution in [3.05, 3.63) is 29.6 Å². The number of nitrogens with one attached hydrogen (secondary N) is 1. The molecule has 1 aromatic rings. The van der Waals surface area contributed by atoms with Gasteiger partial charge < -0.3 is 14.8 Å². The highest BCUT2D eigenvalue weighted by molar-refractivity contribution is 5.72. The number of hydrogen-bond acceptors (Lipinski definition) is 3. The number of amides is 1. The lowest BCUT2D eigenvalue weighted by Gasteiger charge is -2.14. The Morgan fingerprint density at radius 1 is 1.30 bits per heavy atom. The van der Waals surface area contributed by atoms with Gasteiger partial charge in [0, 0.05) is 19.5 Å². The summed E-state index contributed by atoms with van der Waals surface area (Å²) in [5, 5.41) is 2.63. The molecule has 1 rings (SSSR count). The van der Waals surface area contributed by atoms with Crippen LogP contribution < -0.4 is 10.1 Å². The first-order valence-corrected chi connectivity index (χ1v) is 6.75. The molecule has 0 aliphatic heterocycles. The fourth-order valence-electron chi connectivity index (χ4n) is 1.72. The first-order valence-electron chi connectivity index (χ1n) is 6.75. The normalized spacial score (nSPS) is 10.7. The molecule has 0 aromatic heterocycles. The summed E-state index contributed by atoms with van der Waals surface area (Å²) in [6.07, 6.45) is 0. The van der Waals surface area contributed by atoms with Crippen LogP contribution in [0.25, 0.3) is 0 Å². The molecule has 0 bridgehead atoms. The van der Waals surface area contributed by atoms with Gasteiger partial charge in [-0.15, -0.1) is 0 Å². The monoisotopic (exact) mass is 283 g/mol. The molecule has 0 aliphatic rings. The molecule has 0 aliphatic carbocycles. The summed E-state index contributed by atoms with van der Waals surface area (Å²) >= 11 is 0. The van der Waals surface area contributed by atoms with Gasteiger partial charge in [0.15, 0.2) is 0 Å². The zero-order chi connectivity index (χ0) is 15.0. The summed E-state index contributed by atoms with van der Waals surface area (Å²) in [5.74, 6) is 0.443. The lowest BCUT2D eigenvalue weighted by atomic mass is 10.0. The third kappa shape index (κ3) is 6.02. The van der Waals surface area contributed by atoms with Crippen LogP contribution in [-0.2, 0) is 9.53 Å². The predicted molar refractivity (Wildman–Crippen MR) is 75.5 cm³/mol. The molecule has 0 saturated heterocycles. The number of rotatable bonds is 8. The van der Waals surface area contributed by atoms with E-state index < -0.39 is 0 Å². The van der Waals surface area contributed by atoms with E-state index in [1.54, 1.807) is 6.07 Å². The highest BCUT2D eigenvalue weighted by Gasteiger charge is 2.08. The van der Waals surface area contributed by atoms with E-state index in [4.69, 9.17) is 9.47 Å². The van der Waals surface area contributed by atoms with Crippen molar-refractivity contribution in [2.24, 2.45) is 0 Å². The van der Waals surface area contributed by atoms with E-state index in [0.717, 1.165) is 5.56 Å². The van der Waals surface area contributed by atoms with Gasteiger partial charge in [0.05, 0.1) is 13.2 Å². The molecule has 0 heterocycles. The van der Waals surface area contributed by atoms with Crippen molar-refractivity contribution in [3.8, 4) is 5.75 Å². The number of hydrogen-bond donors (Lipinski definition) is 1. The molecule has 5 heteroatoms. The van der Waals surface area contributed by atoms with Gasteiger partial charge >= 0.3 is 0 Å². The Hall–Kier alpha value is -1.62. The molecular formula is C15H22FNO3. The summed E-state index contributed by atoms with van der Waals surface area (Å²) in [5.41, 5.74) is 0.977. The Kier molecular flexibility index (Phi) is 7.01. The standard InChI is InChI=1S/C15H22FNO3/c1-11(2)14-5-4-13(16)10-15(14)20-9-8-19-7-6-17-12(3)18/h4-5,10-11H,6-9H2,1-3H3,(H,17,18). The molecule has 1 aromatic carbocycles. The number of carbonyl (C=O) groups is 1. The van der Waals surface area contributed by atoms with E-state index in [-0.39, 0.29) is 17.6 Å². The molecule has 4 nitrogen and oxygen atoms in total. The number of carbonyl (C=O) groups excluding carboxylic acids is 1. The average Bonchev–Trinajstić information content (AvgIpc) is 2.37. The Morgan fingerprint density at radius 2 is 2.05 bits per heavy atom. The maximum absolute atomic E-state index is 13.2. The lowest BCUT2D eigenvalue weighted by Crippen LogP contribution is -2.25. The van der Waals surface area contributed by atoms with Gasteiger partial charge in [-0.3, -0.25) is 4.79 Å². The Labute approximate surface area is 119 Å². The fraction of sp³-hybridized carbons (Fsp3) is 0.533. The van der Waals surface area contributed by atoms with Gasteiger partial charge in [-0.1, -0.05) is 19.9 Å². The Bertz CT molecular complexity index is 435. The minimum absolute atomic E-state index is 0.0776. The van der Waals surface area contributed by atoms with Crippen LogP contribution in [0.5, 0.6) is 5.75 Å². The smallest absolute Gasteiger partial charge is 0.216 e. The summed E-state index contributed by atoms with van der Waals surface area (Å²) < 4.78 is 24.1. The van der Waals surface area contributed by atoms with Gasteiger partial charge in [0.1, 0.15) is 18.2 Å². The zero-order valence-corrected chi connectivity index (χ0v) is 12.2. The van der Waals surface area contributed by atoms with Crippen LogP contribution in [0.3, 0.4) is 0 Å². The van der Waals surface area contributed by atoms with Gasteiger partial charge in [-0.05, 0) is 17.5 Å². The van der Waals surface area contributed by atoms with Gasteiger partial charge in [0.2, 0.25) is 5.91 Å². The summed E-state index contributed by atoms with van der Waals surface area (Å²) in [7, 11) is 0.